The predicted octanol–water partition coefficient (Wildman–Crippen LogP) is 12.7. The average molecular weight is 588 g/mol. The fourth-order valence-corrected chi connectivity index (χ4v) is 6.90. The molecule has 0 saturated carbocycles. The van der Waals surface area contributed by atoms with Crippen molar-refractivity contribution in [3.63, 3.8) is 0 Å². The number of hydrogen-bond donors (Lipinski definition) is 0. The van der Waals surface area contributed by atoms with Crippen LogP contribution in [-0.2, 0) is 0 Å². The molecule has 9 aromatic rings. The molecule has 8 aromatic carbocycles. The summed E-state index contributed by atoms with van der Waals surface area (Å²) in [4.78, 5) is 2.36. The predicted molar refractivity (Wildman–Crippen MR) is 194 cm³/mol. The van der Waals surface area contributed by atoms with Crippen LogP contribution < -0.4 is 4.90 Å². The normalized spacial score (nSPS) is 11.5. The number of para-hydroxylation sites is 3. The highest BCUT2D eigenvalue weighted by molar-refractivity contribution is 6.22. The molecule has 1 aromatic heterocycles. The van der Waals surface area contributed by atoms with E-state index in [1.807, 2.05) is 12.1 Å². The highest BCUT2D eigenvalue weighted by Gasteiger charge is 2.18. The van der Waals surface area contributed by atoms with E-state index in [0.29, 0.717) is 0 Å². The van der Waals surface area contributed by atoms with Crippen molar-refractivity contribution >= 4 is 60.5 Å². The third kappa shape index (κ3) is 4.35. The number of fused-ring (bicyclic) bond motifs is 6. The zero-order valence-corrected chi connectivity index (χ0v) is 25.1. The summed E-state index contributed by atoms with van der Waals surface area (Å²) in [5.74, 6) is 0. The molecule has 0 atom stereocenters. The largest absolute Gasteiger partial charge is 0.456 e. The molecule has 9 rings (SSSR count). The van der Waals surface area contributed by atoms with E-state index in [9.17, 15) is 0 Å². The van der Waals surface area contributed by atoms with Gasteiger partial charge in [-0.3, -0.25) is 0 Å². The molecule has 0 aliphatic heterocycles. The van der Waals surface area contributed by atoms with E-state index < -0.39 is 0 Å². The Morgan fingerprint density at radius 1 is 0.370 bits per heavy atom. The van der Waals surface area contributed by atoms with E-state index in [4.69, 9.17) is 4.42 Å². The van der Waals surface area contributed by atoms with Gasteiger partial charge in [0.25, 0.3) is 0 Å². The Kier molecular flexibility index (Phi) is 6.17. The maximum absolute atomic E-state index is 6.26. The summed E-state index contributed by atoms with van der Waals surface area (Å²) < 4.78 is 6.26. The van der Waals surface area contributed by atoms with Crippen LogP contribution in [0.25, 0.3) is 65.7 Å². The highest BCUT2D eigenvalue weighted by atomic mass is 16.3. The Morgan fingerprint density at radius 3 is 1.91 bits per heavy atom. The topological polar surface area (TPSA) is 16.4 Å². The van der Waals surface area contributed by atoms with Gasteiger partial charge in [-0.15, -0.1) is 0 Å². The third-order valence-corrected chi connectivity index (χ3v) is 9.04. The fraction of sp³-hybridized carbons (Fsp3) is 0. The van der Waals surface area contributed by atoms with Crippen molar-refractivity contribution in [1.29, 1.82) is 0 Å². The van der Waals surface area contributed by atoms with Crippen molar-refractivity contribution in [3.8, 4) is 22.3 Å². The zero-order valence-electron chi connectivity index (χ0n) is 25.1. The molecule has 0 aliphatic rings. The van der Waals surface area contributed by atoms with Crippen LogP contribution in [0.5, 0.6) is 0 Å². The molecule has 2 heteroatoms. The van der Waals surface area contributed by atoms with Gasteiger partial charge in [0.2, 0.25) is 0 Å². The number of hydrogen-bond acceptors (Lipinski definition) is 2. The van der Waals surface area contributed by atoms with E-state index in [1.54, 1.807) is 0 Å². The summed E-state index contributed by atoms with van der Waals surface area (Å²) in [5.41, 5.74) is 9.92. The van der Waals surface area contributed by atoms with E-state index >= 15 is 0 Å². The molecule has 0 fully saturated rings. The molecule has 0 N–H and O–H groups in total. The summed E-state index contributed by atoms with van der Waals surface area (Å²) >= 11 is 0. The first kappa shape index (κ1) is 26.3. The number of anilines is 3. The zero-order chi connectivity index (χ0) is 30.5. The van der Waals surface area contributed by atoms with Crippen LogP contribution in [-0.4, -0.2) is 0 Å². The minimum atomic E-state index is 0.915. The minimum Gasteiger partial charge on any atom is -0.456 e. The second kappa shape index (κ2) is 10.8. The van der Waals surface area contributed by atoms with Gasteiger partial charge >= 0.3 is 0 Å². The number of rotatable bonds is 5. The van der Waals surface area contributed by atoms with Gasteiger partial charge in [0.1, 0.15) is 11.2 Å². The SMILES string of the molecule is c1ccc(N(c2ccc(-c3cccc4ccc5oc6ccccc6c5c34)cc2)c2ccccc2-c2ccc3ccccc3c2)cc1. The van der Waals surface area contributed by atoms with Gasteiger partial charge in [-0.25, -0.2) is 0 Å². The Bertz CT molecular complexity index is 2530. The van der Waals surface area contributed by atoms with Crippen LogP contribution >= 0.6 is 0 Å². The second-order valence-corrected chi connectivity index (χ2v) is 11.7. The second-order valence-electron chi connectivity index (χ2n) is 11.7. The molecule has 0 bridgehead atoms. The van der Waals surface area contributed by atoms with Gasteiger partial charge < -0.3 is 9.32 Å². The smallest absolute Gasteiger partial charge is 0.136 e. The third-order valence-electron chi connectivity index (χ3n) is 9.04. The summed E-state index contributed by atoms with van der Waals surface area (Å²) in [6.07, 6.45) is 0. The fourth-order valence-electron chi connectivity index (χ4n) is 6.90. The highest BCUT2D eigenvalue weighted by Crippen LogP contribution is 2.43. The maximum atomic E-state index is 6.26. The quantitative estimate of drug-likeness (QED) is 0.199. The molecular formula is C44H29NO. The number of nitrogens with zero attached hydrogens (tertiary/aromatic N) is 1. The standard InChI is InChI=1S/C44H29NO/c1-2-14-35(15-3-1)45(40-19-8-6-16-37(40)34-22-21-30-11-4-5-12-33(30)29-34)36-26-23-31(24-27-36)38-18-10-13-32-25-28-42-44(43(32)38)39-17-7-9-20-41(39)46-42/h1-29H. The van der Waals surface area contributed by atoms with Crippen LogP contribution in [0.1, 0.15) is 0 Å². The lowest BCUT2D eigenvalue weighted by atomic mass is 9.94. The molecule has 0 amide bonds. The van der Waals surface area contributed by atoms with Crippen LogP contribution in [0.2, 0.25) is 0 Å². The molecule has 2 nitrogen and oxygen atoms in total. The first-order chi connectivity index (χ1) is 22.8. The summed E-state index contributed by atoms with van der Waals surface area (Å²) in [6, 6.07) is 62.7. The molecule has 0 spiro atoms. The van der Waals surface area contributed by atoms with E-state index in [0.717, 1.165) is 33.6 Å². The van der Waals surface area contributed by atoms with Gasteiger partial charge in [-0.2, -0.15) is 0 Å². The van der Waals surface area contributed by atoms with Crippen LogP contribution in [0.15, 0.2) is 180 Å². The van der Waals surface area contributed by atoms with Gasteiger partial charge in [-0.1, -0.05) is 127 Å². The van der Waals surface area contributed by atoms with Crippen molar-refractivity contribution in [3.05, 3.63) is 176 Å². The van der Waals surface area contributed by atoms with Crippen molar-refractivity contribution in [2.24, 2.45) is 0 Å². The molecule has 0 unspecified atom stereocenters. The molecule has 46 heavy (non-hydrogen) atoms. The lowest BCUT2D eigenvalue weighted by Crippen LogP contribution is -2.11. The molecule has 1 heterocycles. The Labute approximate surface area is 267 Å². The monoisotopic (exact) mass is 587 g/mol. The van der Waals surface area contributed by atoms with Crippen molar-refractivity contribution in [1.82, 2.24) is 0 Å². The minimum absolute atomic E-state index is 0.915. The average Bonchev–Trinajstić information content (AvgIpc) is 3.51. The summed E-state index contributed by atoms with van der Waals surface area (Å²) in [7, 11) is 0. The Hall–Kier alpha value is -6.12. The van der Waals surface area contributed by atoms with Gasteiger partial charge in [0.05, 0.1) is 5.69 Å². The van der Waals surface area contributed by atoms with Crippen molar-refractivity contribution < 1.29 is 4.42 Å². The maximum Gasteiger partial charge on any atom is 0.136 e. The van der Waals surface area contributed by atoms with Crippen LogP contribution in [0.3, 0.4) is 0 Å². The van der Waals surface area contributed by atoms with Gasteiger partial charge in [0, 0.05) is 33.1 Å². The first-order valence-corrected chi connectivity index (χ1v) is 15.7. The summed E-state index contributed by atoms with van der Waals surface area (Å²) in [5, 5.41) is 7.22. The number of furan rings is 1. The molecule has 0 radical (unpaired) electrons. The van der Waals surface area contributed by atoms with Crippen LogP contribution in [0.4, 0.5) is 17.1 Å². The first-order valence-electron chi connectivity index (χ1n) is 15.7. The Balaban J connectivity index is 1.20. The van der Waals surface area contributed by atoms with Crippen molar-refractivity contribution in [2.75, 3.05) is 4.90 Å². The van der Waals surface area contributed by atoms with E-state index in [-0.39, 0.29) is 0 Å². The molecule has 0 aliphatic carbocycles. The molecular weight excluding hydrogens is 558 g/mol. The lowest BCUT2D eigenvalue weighted by Gasteiger charge is -2.28. The lowest BCUT2D eigenvalue weighted by molar-refractivity contribution is 0.669. The van der Waals surface area contributed by atoms with Gasteiger partial charge in [0.15, 0.2) is 0 Å². The van der Waals surface area contributed by atoms with Gasteiger partial charge in [-0.05, 0) is 81.4 Å². The van der Waals surface area contributed by atoms with Crippen LogP contribution in [0, 0.1) is 0 Å². The Morgan fingerprint density at radius 2 is 1.02 bits per heavy atom. The van der Waals surface area contributed by atoms with E-state index in [2.05, 4.69) is 169 Å². The van der Waals surface area contributed by atoms with Crippen molar-refractivity contribution in [2.45, 2.75) is 0 Å². The molecule has 216 valence electrons. The summed E-state index contributed by atoms with van der Waals surface area (Å²) in [6.45, 7) is 0. The van der Waals surface area contributed by atoms with E-state index in [1.165, 1.54) is 49.2 Å². The number of benzene rings is 8. The molecule has 0 saturated heterocycles.